The molecule has 78 valence electrons. The molecule has 0 saturated carbocycles. The Balaban J connectivity index is -0.000000140. The summed E-state index contributed by atoms with van der Waals surface area (Å²) in [5.74, 6) is 0. The van der Waals surface area contributed by atoms with Gasteiger partial charge in [0, 0.05) is 12.4 Å². The maximum Gasteiger partial charge on any atom is 0.0496 e. The van der Waals surface area contributed by atoms with Crippen molar-refractivity contribution in [2.45, 2.75) is 0 Å². The van der Waals surface area contributed by atoms with E-state index < -0.39 is 0 Å². The van der Waals surface area contributed by atoms with Gasteiger partial charge in [0.25, 0.3) is 0 Å². The first kappa shape index (κ1) is 17.9. The largest absolute Gasteiger partial charge is 0.373 e. The molecule has 1 heterocycles. The molecule has 11 nitrogen and oxygen atoms in total. The summed E-state index contributed by atoms with van der Waals surface area (Å²) in [4.78, 5) is 4.50. The molecule has 0 aliphatic heterocycles. The summed E-state index contributed by atoms with van der Waals surface area (Å²) >= 11 is 0. The van der Waals surface area contributed by atoms with Crippen molar-refractivity contribution < 1.29 is 0 Å². The molecule has 0 atom stereocenters. The topological polar surface area (TPSA) is 202 Å². The van der Waals surface area contributed by atoms with Gasteiger partial charge in [0.1, 0.15) is 0 Å². The quantitative estimate of drug-likeness (QED) is 0.356. The molecular weight excluding hydrogens is 202 g/mol. The first-order chi connectivity index (χ1) is 7.24. The summed E-state index contributed by atoms with van der Waals surface area (Å²) in [6.07, 6.45) is 3.28. The Morgan fingerprint density at radius 3 is 0.867 bits per heavy atom. The first-order valence-electron chi connectivity index (χ1n) is 2.92. The van der Waals surface area contributed by atoms with Crippen LogP contribution in [0.25, 0.3) is 47.9 Å². The molecule has 1 rings (SSSR count). The first-order valence-corrected chi connectivity index (χ1v) is 2.92. The van der Waals surface area contributed by atoms with Crippen molar-refractivity contribution in [1.82, 2.24) is 10.2 Å². The van der Waals surface area contributed by atoms with Gasteiger partial charge in [-0.25, -0.2) is 0 Å². The lowest BCUT2D eigenvalue weighted by molar-refractivity contribution is 1.03. The Labute approximate surface area is 83.6 Å². The summed E-state index contributed by atoms with van der Waals surface area (Å²) in [6, 6.07) is 3.65. The predicted molar refractivity (Wildman–Crippen MR) is 52.3 cm³/mol. The number of rotatable bonds is 0. The van der Waals surface area contributed by atoms with Crippen LogP contribution in [-0.4, -0.2) is 10.2 Å². The molecule has 0 amide bonds. The summed E-state index contributed by atoms with van der Waals surface area (Å²) in [7, 11) is 0. The van der Waals surface area contributed by atoms with Crippen LogP contribution in [0.5, 0.6) is 0 Å². The molecule has 11 heteroatoms. The number of hydrogen-bond acceptors (Lipinski definition) is 2. The highest BCUT2D eigenvalue weighted by molar-refractivity contribution is 4.79. The van der Waals surface area contributed by atoms with Crippen molar-refractivity contribution in [3.8, 4) is 0 Å². The molecule has 0 N–H and O–H groups in total. The molecule has 0 aliphatic rings. The van der Waals surface area contributed by atoms with Crippen molar-refractivity contribution in [3.63, 3.8) is 0 Å². The minimum atomic E-state index is 1.50. The third-order valence-electron chi connectivity index (χ3n) is 0.483. The SMILES string of the molecule is [N-]=[N+]=[N-].[N-]=[N+]=[N-].[N-]=[N+]=[N-].c1ccnnc1. The van der Waals surface area contributed by atoms with Crippen molar-refractivity contribution in [3.05, 3.63) is 72.4 Å². The van der Waals surface area contributed by atoms with Gasteiger partial charge < -0.3 is 33.2 Å². The van der Waals surface area contributed by atoms with E-state index in [9.17, 15) is 0 Å². The predicted octanol–water partition coefficient (Wildman–Crippen LogP) is 3.07. The van der Waals surface area contributed by atoms with Crippen LogP contribution in [0, 0.1) is 0 Å². The van der Waals surface area contributed by atoms with E-state index in [2.05, 4.69) is 10.2 Å². The van der Waals surface area contributed by atoms with Crippen LogP contribution in [0.15, 0.2) is 24.5 Å². The molecule has 0 aliphatic carbocycles. The lowest BCUT2D eigenvalue weighted by atomic mass is 10.6. The van der Waals surface area contributed by atoms with Crippen molar-refractivity contribution in [2.24, 2.45) is 0 Å². The van der Waals surface area contributed by atoms with Crippen LogP contribution >= 0.6 is 0 Å². The molecular formula is C4H4N11-3. The number of hydrogen-bond donors (Lipinski definition) is 0. The van der Waals surface area contributed by atoms with Crippen molar-refractivity contribution >= 4 is 0 Å². The van der Waals surface area contributed by atoms with Gasteiger partial charge in [0.15, 0.2) is 0 Å². The normalized spacial score (nSPS) is 4.80. The fourth-order valence-electron chi connectivity index (χ4n) is 0.253. The third kappa shape index (κ3) is 98.7. The zero-order valence-corrected chi connectivity index (χ0v) is 7.23. The second-order valence-electron chi connectivity index (χ2n) is 1.18. The molecule has 0 saturated heterocycles. The highest BCUT2D eigenvalue weighted by Crippen LogP contribution is 1.68. The Hall–Kier alpha value is -2.99. The molecule has 0 spiro atoms. The van der Waals surface area contributed by atoms with Crippen molar-refractivity contribution in [1.29, 1.82) is 0 Å². The van der Waals surface area contributed by atoms with Gasteiger partial charge in [-0.15, -0.1) is 0 Å². The van der Waals surface area contributed by atoms with E-state index in [1.54, 1.807) is 12.4 Å². The molecule has 1 aromatic heterocycles. The summed E-state index contributed by atoms with van der Waals surface area (Å²) in [5, 5.41) is 7.07. The molecule has 0 bridgehead atoms. The second-order valence-corrected chi connectivity index (χ2v) is 1.18. The van der Waals surface area contributed by atoms with Gasteiger partial charge in [0.05, 0.1) is 0 Å². The average Bonchev–Trinajstić information content (AvgIpc) is 2.24. The fraction of sp³-hybridized carbons (Fsp3) is 0. The van der Waals surface area contributed by atoms with Crippen LogP contribution in [0.1, 0.15) is 0 Å². The lowest BCUT2D eigenvalue weighted by Gasteiger charge is -1.69. The summed E-state index contributed by atoms with van der Waals surface area (Å²) in [6.45, 7) is 0. The van der Waals surface area contributed by atoms with Gasteiger partial charge >= 0.3 is 0 Å². The third-order valence-corrected chi connectivity index (χ3v) is 0.483. The minimum absolute atomic E-state index is 1.50. The van der Waals surface area contributed by atoms with Crippen LogP contribution in [0.4, 0.5) is 0 Å². The van der Waals surface area contributed by atoms with Crippen molar-refractivity contribution in [2.75, 3.05) is 0 Å². The zero-order chi connectivity index (χ0) is 12.4. The number of aromatic nitrogens is 2. The van der Waals surface area contributed by atoms with E-state index in [0.29, 0.717) is 0 Å². The average molecular weight is 206 g/mol. The minimum Gasteiger partial charge on any atom is -0.373 e. The van der Waals surface area contributed by atoms with Crippen LogP contribution in [0.2, 0.25) is 0 Å². The Morgan fingerprint density at radius 2 is 0.800 bits per heavy atom. The Bertz CT molecular complexity index is 243. The molecule has 0 radical (unpaired) electrons. The van der Waals surface area contributed by atoms with E-state index in [1.165, 1.54) is 14.7 Å². The maximum atomic E-state index is 6.75. The molecule has 0 fully saturated rings. The zero-order valence-electron chi connectivity index (χ0n) is 7.23. The Kier molecular flexibility index (Phi) is 36.5. The van der Waals surface area contributed by atoms with E-state index in [-0.39, 0.29) is 0 Å². The lowest BCUT2D eigenvalue weighted by Crippen LogP contribution is -1.69. The smallest absolute Gasteiger partial charge is 0.0496 e. The van der Waals surface area contributed by atoms with E-state index in [4.69, 9.17) is 33.2 Å². The van der Waals surface area contributed by atoms with E-state index in [0.717, 1.165) is 0 Å². The standard InChI is InChI=1S/C4H4N2.3N3/c1-2-4-6-5-3-1;3*1-3-2/h1-4H;;;/q;3*-1. The van der Waals surface area contributed by atoms with Crippen LogP contribution in [-0.2, 0) is 0 Å². The van der Waals surface area contributed by atoms with Gasteiger partial charge in [-0.3, -0.25) is 14.7 Å². The van der Waals surface area contributed by atoms with E-state index in [1.807, 2.05) is 12.1 Å². The maximum absolute atomic E-state index is 6.75. The second kappa shape index (κ2) is 30.5. The molecule has 0 aromatic carbocycles. The van der Waals surface area contributed by atoms with Crippen LogP contribution in [0.3, 0.4) is 0 Å². The van der Waals surface area contributed by atoms with E-state index >= 15 is 0 Å². The highest BCUT2D eigenvalue weighted by atomic mass is 15.1. The highest BCUT2D eigenvalue weighted by Gasteiger charge is 1.59. The van der Waals surface area contributed by atoms with Gasteiger partial charge in [-0.2, -0.15) is 10.2 Å². The van der Waals surface area contributed by atoms with Gasteiger partial charge in [0.2, 0.25) is 0 Å². The molecule has 15 heavy (non-hydrogen) atoms. The fourth-order valence-corrected chi connectivity index (χ4v) is 0.253. The van der Waals surface area contributed by atoms with Crippen LogP contribution < -0.4 is 0 Å². The monoisotopic (exact) mass is 206 g/mol. The molecule has 0 unspecified atom stereocenters. The summed E-state index contributed by atoms with van der Waals surface area (Å²) in [5.41, 5.74) is 40.5. The molecule has 1 aromatic rings. The number of nitrogens with zero attached hydrogens (tertiary/aromatic N) is 11. The van der Waals surface area contributed by atoms with Gasteiger partial charge in [-0.05, 0) is 12.1 Å². The Morgan fingerprint density at radius 1 is 0.600 bits per heavy atom. The van der Waals surface area contributed by atoms with Gasteiger partial charge in [-0.1, -0.05) is 0 Å². The summed E-state index contributed by atoms with van der Waals surface area (Å²) < 4.78 is 0.